The molecule has 2 aliphatic rings. The lowest BCUT2D eigenvalue weighted by Crippen LogP contribution is -2.33. The molecule has 22 heavy (non-hydrogen) atoms. The second-order valence-corrected chi connectivity index (χ2v) is 6.51. The van der Waals surface area contributed by atoms with E-state index in [4.69, 9.17) is 0 Å². The number of amides is 2. The maximum absolute atomic E-state index is 13.5. The highest BCUT2D eigenvalue weighted by atomic mass is 19.1. The molecule has 2 atom stereocenters. The van der Waals surface area contributed by atoms with Crippen LogP contribution in [0, 0.1) is 23.6 Å². The van der Waals surface area contributed by atoms with Crippen LogP contribution in [0.2, 0.25) is 0 Å². The van der Waals surface area contributed by atoms with Gasteiger partial charge in [-0.3, -0.25) is 9.59 Å². The van der Waals surface area contributed by atoms with Crippen LogP contribution in [0.5, 0.6) is 0 Å². The summed E-state index contributed by atoms with van der Waals surface area (Å²) in [5.74, 6) is 0.0272. The molecule has 0 radical (unpaired) electrons. The molecule has 5 heteroatoms. The fourth-order valence-electron chi connectivity index (χ4n) is 2.76. The lowest BCUT2D eigenvalue weighted by atomic mass is 9.85. The zero-order valence-electron chi connectivity index (χ0n) is 12.7. The molecule has 0 saturated heterocycles. The molecular weight excluding hydrogens is 283 g/mol. The van der Waals surface area contributed by atoms with Crippen molar-refractivity contribution in [2.24, 2.45) is 17.8 Å². The number of benzene rings is 1. The maximum Gasteiger partial charge on any atom is 0.253 e. The average molecular weight is 304 g/mol. The number of carbonyl (C=O) groups is 2. The molecule has 4 nitrogen and oxygen atoms in total. The first-order valence-electron chi connectivity index (χ1n) is 7.93. The van der Waals surface area contributed by atoms with Gasteiger partial charge in [-0.25, -0.2) is 4.39 Å². The van der Waals surface area contributed by atoms with Crippen molar-refractivity contribution in [1.29, 1.82) is 0 Å². The third kappa shape index (κ3) is 3.29. The van der Waals surface area contributed by atoms with E-state index >= 15 is 0 Å². The van der Waals surface area contributed by atoms with Crippen LogP contribution in [0.25, 0.3) is 0 Å². The highest BCUT2D eigenvalue weighted by Gasteiger charge is 2.39. The Labute approximate surface area is 129 Å². The van der Waals surface area contributed by atoms with E-state index in [9.17, 15) is 14.0 Å². The van der Waals surface area contributed by atoms with E-state index in [1.807, 2.05) is 6.92 Å². The maximum atomic E-state index is 13.5. The smallest absolute Gasteiger partial charge is 0.253 e. The van der Waals surface area contributed by atoms with Crippen molar-refractivity contribution in [2.45, 2.75) is 32.6 Å². The molecule has 118 valence electrons. The summed E-state index contributed by atoms with van der Waals surface area (Å²) in [6, 6.07) is 3.90. The minimum absolute atomic E-state index is 0.0101. The zero-order chi connectivity index (χ0) is 15.7. The first-order valence-corrected chi connectivity index (χ1v) is 7.93. The molecule has 0 spiro atoms. The Morgan fingerprint density at radius 1 is 1.32 bits per heavy atom. The highest BCUT2D eigenvalue weighted by Crippen LogP contribution is 2.38. The van der Waals surface area contributed by atoms with Gasteiger partial charge in [0.25, 0.3) is 5.91 Å². The van der Waals surface area contributed by atoms with Gasteiger partial charge in [0.2, 0.25) is 5.91 Å². The molecular formula is C17H21FN2O2. The zero-order valence-corrected chi connectivity index (χ0v) is 12.7. The van der Waals surface area contributed by atoms with E-state index in [1.54, 1.807) is 0 Å². The van der Waals surface area contributed by atoms with E-state index in [2.05, 4.69) is 10.6 Å². The minimum atomic E-state index is -0.480. The molecule has 2 fully saturated rings. The van der Waals surface area contributed by atoms with Gasteiger partial charge in [-0.1, -0.05) is 13.3 Å². The van der Waals surface area contributed by atoms with Gasteiger partial charge in [-0.05, 0) is 49.3 Å². The van der Waals surface area contributed by atoms with Crippen LogP contribution in [-0.4, -0.2) is 18.4 Å². The summed E-state index contributed by atoms with van der Waals surface area (Å²) in [5.41, 5.74) is 0.581. The molecule has 0 aliphatic heterocycles. The second-order valence-electron chi connectivity index (χ2n) is 6.51. The van der Waals surface area contributed by atoms with Crippen molar-refractivity contribution < 1.29 is 14.0 Å². The summed E-state index contributed by atoms with van der Waals surface area (Å²) < 4.78 is 13.5. The van der Waals surface area contributed by atoms with Gasteiger partial charge in [0, 0.05) is 12.5 Å². The standard InChI is InChI=1S/C17H21FN2O2/c1-10-7-13(10)17(22)20-15-6-5-12(18)8-14(15)16(21)19-9-11-3-2-4-11/h5-6,8,10-11,13H,2-4,7,9H2,1H3,(H,19,21)(H,20,22). The Morgan fingerprint density at radius 2 is 2.05 bits per heavy atom. The Balaban J connectivity index is 1.68. The summed E-state index contributed by atoms with van der Waals surface area (Å²) in [6.07, 6.45) is 4.34. The quantitative estimate of drug-likeness (QED) is 0.878. The van der Waals surface area contributed by atoms with Gasteiger partial charge in [0.15, 0.2) is 0 Å². The topological polar surface area (TPSA) is 58.2 Å². The van der Waals surface area contributed by atoms with Crippen molar-refractivity contribution in [1.82, 2.24) is 5.32 Å². The fourth-order valence-corrected chi connectivity index (χ4v) is 2.76. The van der Waals surface area contributed by atoms with E-state index in [1.165, 1.54) is 24.6 Å². The SMILES string of the molecule is CC1CC1C(=O)Nc1ccc(F)cc1C(=O)NCC1CCC1. The number of hydrogen-bond acceptors (Lipinski definition) is 2. The lowest BCUT2D eigenvalue weighted by Gasteiger charge is -2.25. The van der Waals surface area contributed by atoms with Crippen LogP contribution in [0.4, 0.5) is 10.1 Å². The molecule has 0 heterocycles. The predicted octanol–water partition coefficient (Wildman–Crippen LogP) is 2.95. The molecule has 0 bridgehead atoms. The molecule has 0 aromatic heterocycles. The average Bonchev–Trinajstić information content (AvgIpc) is 3.16. The molecule has 2 saturated carbocycles. The van der Waals surface area contributed by atoms with E-state index in [-0.39, 0.29) is 23.3 Å². The van der Waals surface area contributed by atoms with Crippen LogP contribution in [0.15, 0.2) is 18.2 Å². The largest absolute Gasteiger partial charge is 0.352 e. The van der Waals surface area contributed by atoms with E-state index in [0.717, 1.165) is 19.3 Å². The number of anilines is 1. The molecule has 3 rings (SSSR count). The summed E-state index contributed by atoms with van der Waals surface area (Å²) in [5, 5.41) is 5.60. The van der Waals surface area contributed by atoms with Gasteiger partial charge in [-0.15, -0.1) is 0 Å². The molecule has 1 aromatic rings. The number of halogens is 1. The first-order chi connectivity index (χ1) is 10.5. The molecule has 2 amide bonds. The minimum Gasteiger partial charge on any atom is -0.352 e. The lowest BCUT2D eigenvalue weighted by molar-refractivity contribution is -0.117. The Kier molecular flexibility index (Phi) is 4.14. The predicted molar refractivity (Wildman–Crippen MR) is 82.0 cm³/mol. The fraction of sp³-hybridized carbons (Fsp3) is 0.529. The van der Waals surface area contributed by atoms with Gasteiger partial charge in [0.1, 0.15) is 5.82 Å². The van der Waals surface area contributed by atoms with Crippen LogP contribution >= 0.6 is 0 Å². The third-order valence-electron chi connectivity index (χ3n) is 4.71. The number of nitrogens with one attached hydrogen (secondary N) is 2. The van der Waals surface area contributed by atoms with Crippen LogP contribution in [0.1, 0.15) is 43.0 Å². The Morgan fingerprint density at radius 3 is 2.64 bits per heavy atom. The van der Waals surface area contributed by atoms with E-state index < -0.39 is 5.82 Å². The van der Waals surface area contributed by atoms with E-state index in [0.29, 0.717) is 24.1 Å². The van der Waals surface area contributed by atoms with Gasteiger partial charge in [0.05, 0.1) is 11.3 Å². The number of rotatable bonds is 5. The summed E-state index contributed by atoms with van der Waals surface area (Å²) in [4.78, 5) is 24.3. The normalized spacial score (nSPS) is 23.5. The molecule has 2 unspecified atom stereocenters. The van der Waals surface area contributed by atoms with Gasteiger partial charge in [-0.2, -0.15) is 0 Å². The van der Waals surface area contributed by atoms with Crippen molar-refractivity contribution in [3.8, 4) is 0 Å². The summed E-state index contributed by atoms with van der Waals surface area (Å²) >= 11 is 0. The van der Waals surface area contributed by atoms with Crippen molar-refractivity contribution in [2.75, 3.05) is 11.9 Å². The Hall–Kier alpha value is -1.91. The first kappa shape index (κ1) is 15.0. The highest BCUT2D eigenvalue weighted by molar-refractivity contribution is 6.04. The van der Waals surface area contributed by atoms with Crippen molar-refractivity contribution >= 4 is 17.5 Å². The Bertz CT molecular complexity index is 598. The van der Waals surface area contributed by atoms with Crippen LogP contribution < -0.4 is 10.6 Å². The number of hydrogen-bond donors (Lipinski definition) is 2. The van der Waals surface area contributed by atoms with Crippen molar-refractivity contribution in [3.05, 3.63) is 29.6 Å². The monoisotopic (exact) mass is 304 g/mol. The van der Waals surface area contributed by atoms with Crippen LogP contribution in [0.3, 0.4) is 0 Å². The summed E-state index contributed by atoms with van der Waals surface area (Å²) in [7, 11) is 0. The van der Waals surface area contributed by atoms with Gasteiger partial charge >= 0.3 is 0 Å². The number of carbonyl (C=O) groups excluding carboxylic acids is 2. The van der Waals surface area contributed by atoms with Crippen molar-refractivity contribution in [3.63, 3.8) is 0 Å². The third-order valence-corrected chi connectivity index (χ3v) is 4.71. The molecule has 1 aromatic carbocycles. The van der Waals surface area contributed by atoms with Gasteiger partial charge < -0.3 is 10.6 Å². The van der Waals surface area contributed by atoms with Crippen LogP contribution in [-0.2, 0) is 4.79 Å². The molecule has 2 aliphatic carbocycles. The second kappa shape index (κ2) is 6.07. The molecule has 2 N–H and O–H groups in total. The summed E-state index contributed by atoms with van der Waals surface area (Å²) in [6.45, 7) is 2.63.